The first kappa shape index (κ1) is 178. The molecule has 0 saturated carbocycles. The Morgan fingerprint density at radius 2 is 0.889 bits per heavy atom. The van der Waals surface area contributed by atoms with Crippen molar-refractivity contribution < 1.29 is 22.0 Å². The second-order valence-corrected chi connectivity index (χ2v) is 0.0816. The quantitative estimate of drug-likeness (QED) is 0.239. The van der Waals surface area contributed by atoms with E-state index >= 15 is 0 Å². The fourth-order valence-corrected chi connectivity index (χ4v) is 0. The van der Waals surface area contributed by atoms with Crippen LogP contribution in [0.2, 0.25) is 0 Å². The van der Waals surface area contributed by atoms with Gasteiger partial charge in [0.15, 0.2) is 5.34 Å². The summed E-state index contributed by atoms with van der Waals surface area (Å²) in [6, 6.07) is 0. The maximum absolute atomic E-state index is 8.11. The maximum Gasteiger partial charge on any atom is 3.00 e. The van der Waals surface area contributed by atoms with Gasteiger partial charge < -0.3 is 36.0 Å². The molecule has 0 aliphatic rings. The summed E-state index contributed by atoms with van der Waals surface area (Å²) in [5, 5.41) is 7.89. The number of rotatable bonds is 0. The van der Waals surface area contributed by atoms with E-state index in [1.807, 2.05) is 0 Å². The van der Waals surface area contributed by atoms with Gasteiger partial charge in [0.1, 0.15) is 0 Å². The van der Waals surface area contributed by atoms with E-state index in [9.17, 15) is 0 Å². The van der Waals surface area contributed by atoms with E-state index in [-0.39, 0.29) is 47.5 Å². The van der Waals surface area contributed by atoms with Crippen molar-refractivity contribution in [1.29, 1.82) is 0 Å². The van der Waals surface area contributed by atoms with Gasteiger partial charge in [0.05, 0.1) is 0 Å². The summed E-state index contributed by atoms with van der Waals surface area (Å²) in [5.41, 5.74) is 0. The van der Waals surface area contributed by atoms with E-state index in [1.54, 1.807) is 0 Å². The van der Waals surface area contributed by atoms with Crippen molar-refractivity contribution >= 4 is 0 Å². The van der Waals surface area contributed by atoms with Crippen LogP contribution in [-0.2, 0) is 16.8 Å². The molecule has 0 aliphatic heterocycles. The van der Waals surface area contributed by atoms with E-state index in [1.165, 1.54) is 5.34 Å². The van der Waals surface area contributed by atoms with Crippen molar-refractivity contribution in [1.82, 2.24) is 30.8 Å². The van der Waals surface area contributed by atoms with Crippen LogP contribution < -0.4 is 30.8 Å². The van der Waals surface area contributed by atoms with Gasteiger partial charge in [0.25, 0.3) is 0 Å². The van der Waals surface area contributed by atoms with Crippen LogP contribution >= 0.6 is 0 Å². The first-order valence-electron chi connectivity index (χ1n) is 0.383. The SMILES string of the molecule is N.N.N.N.N.O=NO.[Co+3]. The molecule has 0 rings (SSSR count). The van der Waals surface area contributed by atoms with Crippen LogP contribution in [0.5, 0.6) is 0 Å². The molecule has 0 aliphatic carbocycles. The minimum Gasteiger partial charge on any atom is -0.379 e. The Bertz CT molecular complexity index is 18.5. The summed E-state index contributed by atoms with van der Waals surface area (Å²) < 4.78 is 0. The fraction of sp³-hybridized carbons (Fsp3) is 0. The smallest absolute Gasteiger partial charge is 0.379 e. The Balaban J connectivity index is -0.00000000133. The monoisotopic (exact) mass is 191 g/mol. The largest absolute Gasteiger partial charge is 3.00 e. The normalized spacial score (nSPS) is 1.33. The zero-order valence-corrected chi connectivity index (χ0v) is 6.21. The van der Waals surface area contributed by atoms with Gasteiger partial charge in [-0.2, -0.15) is 0 Å². The molecule has 0 fully saturated rings. The first-order chi connectivity index (χ1) is 1.41. The van der Waals surface area contributed by atoms with E-state index in [4.69, 9.17) is 10.1 Å². The molecule has 0 radical (unpaired) electrons. The number of nitrogens with zero attached hydrogens (tertiary/aromatic N) is 1. The second-order valence-electron chi connectivity index (χ2n) is 0.0816. The van der Waals surface area contributed by atoms with Crippen LogP contribution in [0.25, 0.3) is 0 Å². The maximum atomic E-state index is 8.11. The predicted octanol–water partition coefficient (Wildman–Crippen LogP) is 0.949. The van der Waals surface area contributed by atoms with Crippen molar-refractivity contribution in [3.05, 3.63) is 4.91 Å². The third kappa shape index (κ3) is 2910. The van der Waals surface area contributed by atoms with Gasteiger partial charge in [-0.05, 0) is 0 Å². The van der Waals surface area contributed by atoms with Gasteiger partial charge in [0.2, 0.25) is 0 Å². The zero-order valence-electron chi connectivity index (χ0n) is 5.17. The molecule has 0 aromatic rings. The minimum absolute atomic E-state index is 0. The first-order valence-corrected chi connectivity index (χ1v) is 0.383. The number of hydrogen-bond donors (Lipinski definition) is 6. The third-order valence-corrected chi connectivity index (χ3v) is 0. The molecule has 64 valence electrons. The molecule has 0 saturated heterocycles. The molecular formula is H16CoN6O2+3. The molecule has 0 amide bonds. The molecule has 9 heavy (non-hydrogen) atoms. The van der Waals surface area contributed by atoms with Crippen LogP contribution in [0.1, 0.15) is 0 Å². The Morgan fingerprint density at radius 3 is 0.889 bits per heavy atom. The minimum atomic E-state index is 0. The molecule has 8 nitrogen and oxygen atoms in total. The van der Waals surface area contributed by atoms with Crippen LogP contribution in [0, 0.1) is 4.91 Å². The standard InChI is InChI=1S/Co.HNO2.5H3N/c;2-1-3;;;;;/h;(H,2,3);5*1H3/q+3;;;;;;. The van der Waals surface area contributed by atoms with Crippen LogP contribution in [-0.4, -0.2) is 5.21 Å². The average molecular weight is 191 g/mol. The Kier molecular flexibility index (Phi) is 13700. The van der Waals surface area contributed by atoms with Crippen LogP contribution in [0.3, 0.4) is 0 Å². The van der Waals surface area contributed by atoms with Crippen LogP contribution in [0.15, 0.2) is 5.34 Å². The van der Waals surface area contributed by atoms with E-state index in [0.717, 1.165) is 0 Å². The molecule has 0 aromatic heterocycles. The average Bonchev–Trinajstić information content (AvgIpc) is 0.918. The molecule has 0 unspecified atom stereocenters. The molecule has 0 atom stereocenters. The fourth-order valence-electron chi connectivity index (χ4n) is 0. The van der Waals surface area contributed by atoms with Crippen molar-refractivity contribution in [3.63, 3.8) is 0 Å². The molecule has 0 bridgehead atoms. The zero-order chi connectivity index (χ0) is 2.71. The van der Waals surface area contributed by atoms with Crippen molar-refractivity contribution in [2.75, 3.05) is 0 Å². The van der Waals surface area contributed by atoms with E-state index in [2.05, 4.69) is 0 Å². The molecule has 0 aromatic carbocycles. The number of hydrogen-bond acceptors (Lipinski definition) is 7. The van der Waals surface area contributed by atoms with Gasteiger partial charge in [-0.1, -0.05) is 0 Å². The molecule has 0 heterocycles. The predicted molar refractivity (Wildman–Crippen MR) is 32.7 cm³/mol. The van der Waals surface area contributed by atoms with E-state index in [0.29, 0.717) is 0 Å². The van der Waals surface area contributed by atoms with E-state index < -0.39 is 0 Å². The summed E-state index contributed by atoms with van der Waals surface area (Å²) in [6.07, 6.45) is 0. The Hall–Kier alpha value is -0.294. The summed E-state index contributed by atoms with van der Waals surface area (Å²) >= 11 is 0. The summed E-state index contributed by atoms with van der Waals surface area (Å²) in [7, 11) is 0. The van der Waals surface area contributed by atoms with Crippen molar-refractivity contribution in [3.8, 4) is 0 Å². The summed E-state index contributed by atoms with van der Waals surface area (Å²) in [5.74, 6) is 0. The van der Waals surface area contributed by atoms with Gasteiger partial charge in [0, 0.05) is 0 Å². The van der Waals surface area contributed by atoms with Crippen molar-refractivity contribution in [2.24, 2.45) is 5.34 Å². The van der Waals surface area contributed by atoms with Gasteiger partial charge in [-0.25, -0.2) is 0 Å². The van der Waals surface area contributed by atoms with Gasteiger partial charge in [-0.15, -0.1) is 4.91 Å². The second kappa shape index (κ2) is 694. The topological polar surface area (TPSA) is 225 Å². The molecule has 0 spiro atoms. The van der Waals surface area contributed by atoms with Crippen LogP contribution in [0.4, 0.5) is 0 Å². The van der Waals surface area contributed by atoms with Gasteiger partial charge >= 0.3 is 16.8 Å². The Morgan fingerprint density at radius 1 is 0.889 bits per heavy atom. The molecule has 9 heteroatoms. The summed E-state index contributed by atoms with van der Waals surface area (Å²) in [4.78, 5) is 8.11. The summed E-state index contributed by atoms with van der Waals surface area (Å²) in [6.45, 7) is 0. The Labute approximate surface area is 63.8 Å². The molecular weight excluding hydrogens is 175 g/mol. The molecule has 16 N–H and O–H groups in total. The third-order valence-electron chi connectivity index (χ3n) is 0. The van der Waals surface area contributed by atoms with Gasteiger partial charge in [-0.3, -0.25) is 0 Å². The van der Waals surface area contributed by atoms with Crippen molar-refractivity contribution in [2.45, 2.75) is 0 Å².